The summed E-state index contributed by atoms with van der Waals surface area (Å²) >= 11 is 1.45. The molecule has 0 aliphatic rings. The molecule has 1 aromatic carbocycles. The molecule has 0 saturated carbocycles. The van der Waals surface area contributed by atoms with Crippen molar-refractivity contribution in [2.45, 2.75) is 13.5 Å². The normalized spacial score (nSPS) is 10.4. The van der Waals surface area contributed by atoms with Gasteiger partial charge in [-0.2, -0.15) is 0 Å². The topological polar surface area (TPSA) is 88.2 Å². The van der Waals surface area contributed by atoms with Crippen LogP contribution in [0.3, 0.4) is 0 Å². The van der Waals surface area contributed by atoms with E-state index in [-0.39, 0.29) is 16.9 Å². The highest BCUT2D eigenvalue weighted by molar-refractivity contribution is 7.09. The molecule has 0 aliphatic heterocycles. The monoisotopic (exact) mass is 281 g/mol. The Balaban J connectivity index is 2.23. The molecule has 7 heteroatoms. The number of carbonyl (C=O) groups is 1. The van der Waals surface area contributed by atoms with E-state index >= 15 is 0 Å². The highest BCUT2D eigenvalue weighted by atomic mass is 32.1. The number of rotatable bonds is 4. The van der Waals surface area contributed by atoms with E-state index in [4.69, 9.17) is 10.8 Å². The van der Waals surface area contributed by atoms with Crippen LogP contribution in [0.25, 0.3) is 0 Å². The first-order valence-electron chi connectivity index (χ1n) is 5.44. The Morgan fingerprint density at radius 3 is 2.89 bits per heavy atom. The van der Waals surface area contributed by atoms with Crippen LogP contribution in [-0.2, 0) is 6.54 Å². The molecule has 0 aliphatic carbocycles. The SMILES string of the molecule is Cc1ncsc1CNc1cc(C(=O)O)c(N)cc1F. The highest BCUT2D eigenvalue weighted by Crippen LogP contribution is 2.23. The number of hydrogen-bond acceptors (Lipinski definition) is 5. The van der Waals surface area contributed by atoms with Crippen molar-refractivity contribution in [2.75, 3.05) is 11.1 Å². The van der Waals surface area contributed by atoms with Crippen LogP contribution in [-0.4, -0.2) is 16.1 Å². The molecule has 0 unspecified atom stereocenters. The number of thiazole rings is 1. The molecule has 100 valence electrons. The van der Waals surface area contributed by atoms with Crippen molar-refractivity contribution in [3.63, 3.8) is 0 Å². The van der Waals surface area contributed by atoms with Crippen LogP contribution in [0.5, 0.6) is 0 Å². The summed E-state index contributed by atoms with van der Waals surface area (Å²) in [6.07, 6.45) is 0. The van der Waals surface area contributed by atoms with Crippen molar-refractivity contribution in [3.05, 3.63) is 39.6 Å². The highest BCUT2D eigenvalue weighted by Gasteiger charge is 2.13. The maximum Gasteiger partial charge on any atom is 0.337 e. The Bertz CT molecular complexity index is 627. The summed E-state index contributed by atoms with van der Waals surface area (Å²) in [6.45, 7) is 2.24. The molecule has 0 atom stereocenters. The quantitative estimate of drug-likeness (QED) is 0.749. The molecule has 2 aromatic rings. The zero-order valence-electron chi connectivity index (χ0n) is 10.1. The van der Waals surface area contributed by atoms with Crippen LogP contribution in [0, 0.1) is 12.7 Å². The Kier molecular flexibility index (Phi) is 3.66. The minimum atomic E-state index is -1.19. The molecule has 0 amide bonds. The average molecular weight is 281 g/mol. The third-order valence-electron chi connectivity index (χ3n) is 2.65. The molecular formula is C12H12FN3O2S. The molecule has 19 heavy (non-hydrogen) atoms. The van der Waals surface area contributed by atoms with Crippen molar-refractivity contribution in [1.82, 2.24) is 4.98 Å². The lowest BCUT2D eigenvalue weighted by Crippen LogP contribution is -2.07. The second kappa shape index (κ2) is 5.23. The zero-order valence-corrected chi connectivity index (χ0v) is 10.9. The molecule has 0 radical (unpaired) electrons. The Morgan fingerprint density at radius 1 is 1.58 bits per heavy atom. The molecule has 4 N–H and O–H groups in total. The number of halogens is 1. The van der Waals surface area contributed by atoms with Crippen molar-refractivity contribution < 1.29 is 14.3 Å². The van der Waals surface area contributed by atoms with Gasteiger partial charge in [0.25, 0.3) is 0 Å². The van der Waals surface area contributed by atoms with E-state index in [0.717, 1.165) is 16.6 Å². The third kappa shape index (κ3) is 2.82. The van der Waals surface area contributed by atoms with E-state index in [2.05, 4.69) is 10.3 Å². The molecule has 5 nitrogen and oxygen atoms in total. The number of carboxylic acid groups (broad SMARTS) is 1. The van der Waals surface area contributed by atoms with E-state index in [0.29, 0.717) is 6.54 Å². The van der Waals surface area contributed by atoms with Gasteiger partial charge in [-0.3, -0.25) is 0 Å². The van der Waals surface area contributed by atoms with Gasteiger partial charge in [0.05, 0.1) is 29.0 Å². The van der Waals surface area contributed by atoms with Crippen molar-refractivity contribution in [1.29, 1.82) is 0 Å². The zero-order chi connectivity index (χ0) is 14.0. The maximum atomic E-state index is 13.7. The lowest BCUT2D eigenvalue weighted by atomic mass is 10.1. The number of nitrogens with two attached hydrogens (primary N) is 1. The summed E-state index contributed by atoms with van der Waals surface area (Å²) in [5, 5.41) is 11.8. The van der Waals surface area contributed by atoms with Crippen molar-refractivity contribution in [2.24, 2.45) is 0 Å². The Hall–Kier alpha value is -2.15. The smallest absolute Gasteiger partial charge is 0.337 e. The molecular weight excluding hydrogens is 269 g/mol. The van der Waals surface area contributed by atoms with E-state index in [1.165, 1.54) is 17.4 Å². The first-order valence-corrected chi connectivity index (χ1v) is 6.32. The summed E-state index contributed by atoms with van der Waals surface area (Å²) in [4.78, 5) is 16.0. The fourth-order valence-corrected chi connectivity index (χ4v) is 2.30. The van der Waals surface area contributed by atoms with Gasteiger partial charge in [-0.1, -0.05) is 0 Å². The molecule has 2 rings (SSSR count). The van der Waals surface area contributed by atoms with Crippen LogP contribution in [0.2, 0.25) is 0 Å². The summed E-state index contributed by atoms with van der Waals surface area (Å²) in [5.74, 6) is -1.76. The number of nitrogens with one attached hydrogen (secondary N) is 1. The van der Waals surface area contributed by atoms with Gasteiger partial charge in [0.15, 0.2) is 0 Å². The van der Waals surface area contributed by atoms with Crippen LogP contribution in [0.4, 0.5) is 15.8 Å². The Labute approximate surface area is 112 Å². The van der Waals surface area contributed by atoms with Gasteiger partial charge in [0.2, 0.25) is 0 Å². The summed E-state index contributed by atoms with van der Waals surface area (Å²) in [7, 11) is 0. The van der Waals surface area contributed by atoms with Crippen LogP contribution in [0.15, 0.2) is 17.6 Å². The number of hydrogen-bond donors (Lipinski definition) is 3. The van der Waals surface area contributed by atoms with Gasteiger partial charge in [0, 0.05) is 10.6 Å². The molecule has 0 bridgehead atoms. The number of aryl methyl sites for hydroxylation is 1. The molecule has 0 saturated heterocycles. The molecule has 0 spiro atoms. The van der Waals surface area contributed by atoms with Gasteiger partial charge in [-0.05, 0) is 19.1 Å². The fourth-order valence-electron chi connectivity index (χ4n) is 1.58. The number of carboxylic acids is 1. The van der Waals surface area contributed by atoms with Crippen molar-refractivity contribution in [3.8, 4) is 0 Å². The summed E-state index contributed by atoms with van der Waals surface area (Å²) < 4.78 is 13.7. The number of nitrogen functional groups attached to an aromatic ring is 1. The largest absolute Gasteiger partial charge is 0.478 e. The van der Waals surface area contributed by atoms with Gasteiger partial charge in [-0.25, -0.2) is 14.2 Å². The second-order valence-electron chi connectivity index (χ2n) is 3.94. The number of aromatic carboxylic acids is 1. The molecule has 1 heterocycles. The van der Waals surface area contributed by atoms with Crippen molar-refractivity contribution >= 4 is 28.7 Å². The lowest BCUT2D eigenvalue weighted by molar-refractivity contribution is 0.0698. The average Bonchev–Trinajstić information content (AvgIpc) is 2.73. The van der Waals surface area contributed by atoms with Gasteiger partial charge in [-0.15, -0.1) is 11.3 Å². The fraction of sp³-hybridized carbons (Fsp3) is 0.167. The number of benzene rings is 1. The number of anilines is 2. The third-order valence-corrected chi connectivity index (χ3v) is 3.59. The van der Waals surface area contributed by atoms with E-state index in [9.17, 15) is 9.18 Å². The first-order chi connectivity index (χ1) is 8.99. The minimum absolute atomic E-state index is 0.0930. The van der Waals surface area contributed by atoms with E-state index in [1.807, 2.05) is 6.92 Å². The van der Waals surface area contributed by atoms with Gasteiger partial charge in [0.1, 0.15) is 5.82 Å². The van der Waals surface area contributed by atoms with Crippen LogP contribution in [0.1, 0.15) is 20.9 Å². The van der Waals surface area contributed by atoms with Gasteiger partial charge < -0.3 is 16.2 Å². The number of nitrogens with zero attached hydrogens (tertiary/aromatic N) is 1. The second-order valence-corrected chi connectivity index (χ2v) is 4.88. The maximum absolute atomic E-state index is 13.7. The van der Waals surface area contributed by atoms with Gasteiger partial charge >= 0.3 is 5.97 Å². The standard InChI is InChI=1S/C12H12FN3O2S/c1-6-11(19-5-16-6)4-15-10-2-7(12(17)18)9(14)3-8(10)13/h2-3,5,15H,4,14H2,1H3,(H,17,18). The predicted octanol–water partition coefficient (Wildman–Crippen LogP) is 2.48. The van der Waals surface area contributed by atoms with Crippen LogP contribution >= 0.6 is 11.3 Å². The predicted molar refractivity (Wildman–Crippen MR) is 71.9 cm³/mol. The lowest BCUT2D eigenvalue weighted by Gasteiger charge is -2.09. The first kappa shape index (κ1) is 13.3. The molecule has 0 fully saturated rings. The van der Waals surface area contributed by atoms with E-state index in [1.54, 1.807) is 5.51 Å². The summed E-state index contributed by atoms with van der Waals surface area (Å²) in [6, 6.07) is 2.20. The van der Waals surface area contributed by atoms with E-state index < -0.39 is 11.8 Å². The minimum Gasteiger partial charge on any atom is -0.478 e. The van der Waals surface area contributed by atoms with Crippen LogP contribution < -0.4 is 11.1 Å². The number of aromatic nitrogens is 1. The Morgan fingerprint density at radius 2 is 2.32 bits per heavy atom. The molecule has 1 aromatic heterocycles. The summed E-state index contributed by atoms with van der Waals surface area (Å²) in [5.41, 5.74) is 7.92.